The summed E-state index contributed by atoms with van der Waals surface area (Å²) in [6.45, 7) is 9.55. The van der Waals surface area contributed by atoms with Crippen molar-refractivity contribution >= 4 is 39.5 Å². The number of aliphatic hydroxyl groups excluding tert-OH is 1. The summed E-state index contributed by atoms with van der Waals surface area (Å²) >= 11 is 0. The number of phosphoric ester groups is 2. The third-order valence-corrected chi connectivity index (χ3v) is 21.6. The van der Waals surface area contributed by atoms with Crippen molar-refractivity contribution in [3.05, 3.63) is 0 Å². The number of aliphatic hydroxyl groups is 1. The number of rotatable bonds is 83. The highest BCUT2D eigenvalue weighted by Crippen LogP contribution is 2.45. The zero-order valence-corrected chi connectivity index (χ0v) is 69.4. The Balaban J connectivity index is 5.19. The lowest BCUT2D eigenvalue weighted by molar-refractivity contribution is -0.161. The Hall–Kier alpha value is -1.94. The molecule has 0 aromatic rings. The number of esters is 4. The van der Waals surface area contributed by atoms with Gasteiger partial charge >= 0.3 is 39.5 Å². The number of unbranched alkanes of at least 4 members (excludes halogenated alkanes) is 53. The monoisotopic (exact) mass is 1510 g/mol. The molecular formula is C84H164O17P2. The Bertz CT molecular complexity index is 1980. The maximum absolute atomic E-state index is 13.1. The van der Waals surface area contributed by atoms with E-state index in [1.165, 1.54) is 257 Å². The van der Waals surface area contributed by atoms with E-state index in [0.29, 0.717) is 31.6 Å². The summed E-state index contributed by atoms with van der Waals surface area (Å²) < 4.78 is 68.7. The second-order valence-electron chi connectivity index (χ2n) is 31.2. The minimum absolute atomic E-state index is 0.105. The Labute approximate surface area is 632 Å². The number of carbonyl (C=O) groups is 4. The molecule has 0 aliphatic rings. The summed E-state index contributed by atoms with van der Waals surface area (Å²) in [6, 6.07) is 0. The van der Waals surface area contributed by atoms with E-state index in [1.807, 2.05) is 0 Å². The van der Waals surface area contributed by atoms with Crippen LogP contribution >= 0.6 is 15.6 Å². The van der Waals surface area contributed by atoms with Crippen molar-refractivity contribution in [1.29, 1.82) is 0 Å². The Morgan fingerprint density at radius 2 is 0.447 bits per heavy atom. The summed E-state index contributed by atoms with van der Waals surface area (Å²) in [6.07, 6.45) is 67.1. The van der Waals surface area contributed by atoms with Gasteiger partial charge < -0.3 is 33.8 Å². The van der Waals surface area contributed by atoms with E-state index >= 15 is 0 Å². The lowest BCUT2D eigenvalue weighted by atomic mass is 10.0. The molecule has 0 fully saturated rings. The van der Waals surface area contributed by atoms with Crippen LogP contribution in [-0.2, 0) is 65.4 Å². The predicted molar refractivity (Wildman–Crippen MR) is 423 cm³/mol. The van der Waals surface area contributed by atoms with Crippen LogP contribution in [0.5, 0.6) is 0 Å². The first-order valence-corrected chi connectivity index (χ1v) is 46.5. The van der Waals surface area contributed by atoms with E-state index in [0.717, 1.165) is 102 Å². The van der Waals surface area contributed by atoms with Gasteiger partial charge in [-0.3, -0.25) is 37.3 Å². The average Bonchev–Trinajstić information content (AvgIpc) is 0.907. The molecule has 0 aliphatic heterocycles. The molecule has 0 heterocycles. The van der Waals surface area contributed by atoms with Crippen LogP contribution in [0, 0.1) is 11.8 Å². The summed E-state index contributed by atoms with van der Waals surface area (Å²) in [5.74, 6) is -0.678. The highest BCUT2D eigenvalue weighted by Gasteiger charge is 2.30. The van der Waals surface area contributed by atoms with E-state index in [2.05, 4.69) is 41.5 Å². The summed E-state index contributed by atoms with van der Waals surface area (Å²) in [4.78, 5) is 73.0. The van der Waals surface area contributed by atoms with Gasteiger partial charge in [0, 0.05) is 25.7 Å². The molecule has 0 amide bonds. The van der Waals surface area contributed by atoms with Crippen molar-refractivity contribution in [3.63, 3.8) is 0 Å². The fourth-order valence-corrected chi connectivity index (χ4v) is 14.6. The van der Waals surface area contributed by atoms with Gasteiger partial charge in [-0.15, -0.1) is 0 Å². The van der Waals surface area contributed by atoms with Crippen LogP contribution in [0.2, 0.25) is 0 Å². The molecule has 0 bridgehead atoms. The molecule has 3 N–H and O–H groups in total. The minimum Gasteiger partial charge on any atom is -0.462 e. The van der Waals surface area contributed by atoms with Crippen LogP contribution in [-0.4, -0.2) is 96.7 Å². The van der Waals surface area contributed by atoms with Gasteiger partial charge in [0.05, 0.1) is 26.4 Å². The van der Waals surface area contributed by atoms with Gasteiger partial charge in [0.1, 0.15) is 19.3 Å². The van der Waals surface area contributed by atoms with Crippen molar-refractivity contribution in [1.82, 2.24) is 0 Å². The SMILES string of the molecule is CCCCCCCCCCCCCCCCCCCCCCCCC(=O)O[C@H](COC(=O)CCCCCCCCCCCCCCCCCCCCC)COP(=O)(O)OC[C@@H](O)COP(=O)(O)OC[C@@H](COC(=O)CCCCCCCCC(C)C)OC(=O)CCCCCCCCCCCCC(C)C. The van der Waals surface area contributed by atoms with Gasteiger partial charge in [0.15, 0.2) is 12.2 Å². The number of hydrogen-bond acceptors (Lipinski definition) is 15. The number of carbonyl (C=O) groups excluding carboxylic acids is 4. The molecule has 2 unspecified atom stereocenters. The standard InChI is InChI=1S/C84H164O17P2/c1-7-9-11-13-15-17-19-21-23-25-27-28-29-31-33-35-37-39-44-48-56-62-68-83(88)100-79(72-94-81(86)66-60-54-47-43-38-36-34-32-30-26-24-22-20-18-16-14-12-10-8-2)74-98-102(90,91)96-70-78(85)71-97-103(92,93)99-75-80(73-95-82(87)67-61-55-51-50-53-59-65-77(5)6)101-84(89)69-63-57-49-45-41-40-42-46-52-58-64-76(3)4/h76-80,85H,7-75H2,1-6H3,(H,90,91)(H,92,93)/t78-,79-,80-/m1/s1. The van der Waals surface area contributed by atoms with Crippen LogP contribution in [0.3, 0.4) is 0 Å². The third-order valence-electron chi connectivity index (χ3n) is 19.7. The average molecular weight is 1510 g/mol. The van der Waals surface area contributed by atoms with E-state index in [9.17, 15) is 43.2 Å². The third kappa shape index (κ3) is 78.0. The second-order valence-corrected chi connectivity index (χ2v) is 34.1. The lowest BCUT2D eigenvalue weighted by Crippen LogP contribution is -2.30. The van der Waals surface area contributed by atoms with Gasteiger partial charge in [-0.25, -0.2) is 9.13 Å². The van der Waals surface area contributed by atoms with Crippen LogP contribution in [0.25, 0.3) is 0 Å². The van der Waals surface area contributed by atoms with Crippen LogP contribution in [0.1, 0.15) is 446 Å². The number of phosphoric acid groups is 2. The molecule has 0 aliphatic carbocycles. The van der Waals surface area contributed by atoms with Gasteiger partial charge in [0.2, 0.25) is 0 Å². The van der Waals surface area contributed by atoms with Crippen LogP contribution < -0.4 is 0 Å². The normalized spacial score (nSPS) is 13.9. The molecule has 0 saturated heterocycles. The maximum atomic E-state index is 13.1. The molecule has 612 valence electrons. The quantitative estimate of drug-likeness (QED) is 0.0222. The highest BCUT2D eigenvalue weighted by molar-refractivity contribution is 7.47. The Kier molecular flexibility index (Phi) is 74.1. The Morgan fingerprint density at radius 3 is 0.660 bits per heavy atom. The van der Waals surface area contributed by atoms with Crippen molar-refractivity contribution in [2.24, 2.45) is 11.8 Å². The molecular weight excluding hydrogens is 1340 g/mol. The first-order chi connectivity index (χ1) is 49.9. The molecule has 5 atom stereocenters. The lowest BCUT2D eigenvalue weighted by Gasteiger charge is -2.21. The molecule has 19 heteroatoms. The number of hydrogen-bond donors (Lipinski definition) is 3. The van der Waals surface area contributed by atoms with Gasteiger partial charge in [-0.05, 0) is 37.5 Å². The maximum Gasteiger partial charge on any atom is 0.472 e. The van der Waals surface area contributed by atoms with Crippen molar-refractivity contribution in [2.45, 2.75) is 464 Å². The van der Waals surface area contributed by atoms with E-state index in [1.54, 1.807) is 0 Å². The zero-order chi connectivity index (χ0) is 75.6. The number of ether oxygens (including phenoxy) is 4. The molecule has 0 aromatic heterocycles. The molecule has 0 spiro atoms. The molecule has 0 aromatic carbocycles. The minimum atomic E-state index is -4.96. The summed E-state index contributed by atoms with van der Waals surface area (Å²) in [5, 5.41) is 10.6. The fraction of sp³-hybridized carbons (Fsp3) is 0.952. The largest absolute Gasteiger partial charge is 0.472 e. The zero-order valence-electron chi connectivity index (χ0n) is 67.6. The van der Waals surface area contributed by atoms with Crippen molar-refractivity contribution in [2.75, 3.05) is 39.6 Å². The van der Waals surface area contributed by atoms with E-state index in [-0.39, 0.29) is 25.7 Å². The summed E-state index contributed by atoms with van der Waals surface area (Å²) in [7, 11) is -9.92. The van der Waals surface area contributed by atoms with Gasteiger partial charge in [-0.1, -0.05) is 395 Å². The highest BCUT2D eigenvalue weighted by atomic mass is 31.2. The van der Waals surface area contributed by atoms with E-state index < -0.39 is 97.5 Å². The fourth-order valence-electron chi connectivity index (χ4n) is 13.1. The molecule has 103 heavy (non-hydrogen) atoms. The first-order valence-electron chi connectivity index (χ1n) is 43.5. The van der Waals surface area contributed by atoms with Crippen LogP contribution in [0.15, 0.2) is 0 Å². The molecule has 0 saturated carbocycles. The topological polar surface area (TPSA) is 237 Å². The van der Waals surface area contributed by atoms with Crippen LogP contribution in [0.4, 0.5) is 0 Å². The Morgan fingerprint density at radius 1 is 0.262 bits per heavy atom. The van der Waals surface area contributed by atoms with Gasteiger partial charge in [-0.2, -0.15) is 0 Å². The van der Waals surface area contributed by atoms with Gasteiger partial charge in [0.25, 0.3) is 0 Å². The summed E-state index contributed by atoms with van der Waals surface area (Å²) in [5.41, 5.74) is 0. The molecule has 17 nitrogen and oxygen atoms in total. The predicted octanol–water partition coefficient (Wildman–Crippen LogP) is 25.5. The smallest absolute Gasteiger partial charge is 0.462 e. The van der Waals surface area contributed by atoms with Crippen molar-refractivity contribution < 1.29 is 80.2 Å². The van der Waals surface area contributed by atoms with E-state index in [4.69, 9.17) is 37.0 Å². The second kappa shape index (κ2) is 75.5. The van der Waals surface area contributed by atoms with Crippen molar-refractivity contribution in [3.8, 4) is 0 Å². The molecule has 0 rings (SSSR count). The molecule has 0 radical (unpaired) electrons. The first kappa shape index (κ1) is 101.